The molecule has 0 rings (SSSR count). The van der Waals surface area contributed by atoms with Crippen molar-refractivity contribution in [2.45, 2.75) is 304 Å². The molecule has 0 aliphatic rings. The van der Waals surface area contributed by atoms with Gasteiger partial charge in [-0.25, -0.2) is 0 Å². The van der Waals surface area contributed by atoms with E-state index in [4.69, 9.17) is 0 Å². The van der Waals surface area contributed by atoms with Crippen LogP contribution in [0, 0.1) is 11.8 Å². The summed E-state index contributed by atoms with van der Waals surface area (Å²) in [6.07, 6.45) is 55.6. The SMILES string of the molecule is CCCCCCCCCC(=O)CCCCCCCCCCC(CCCC)CCCCCCCCCCC(=O)C(CCCCCC)CCCCCCCC. The molecule has 0 heterocycles. The highest BCUT2D eigenvalue weighted by atomic mass is 16.1. The molecule has 2 atom stereocenters. The van der Waals surface area contributed by atoms with E-state index in [0.717, 1.165) is 57.3 Å². The highest BCUT2D eigenvalue weighted by molar-refractivity contribution is 5.80. The number of rotatable bonds is 46. The molecule has 53 heavy (non-hydrogen) atoms. The van der Waals surface area contributed by atoms with Crippen LogP contribution in [0.1, 0.15) is 304 Å². The van der Waals surface area contributed by atoms with Crippen LogP contribution in [0.25, 0.3) is 0 Å². The van der Waals surface area contributed by atoms with Crippen molar-refractivity contribution in [3.63, 3.8) is 0 Å². The summed E-state index contributed by atoms with van der Waals surface area (Å²) < 4.78 is 0. The van der Waals surface area contributed by atoms with Crippen molar-refractivity contribution in [1.82, 2.24) is 0 Å². The molecule has 0 N–H and O–H groups in total. The molecule has 0 aliphatic carbocycles. The minimum Gasteiger partial charge on any atom is -0.300 e. The van der Waals surface area contributed by atoms with Gasteiger partial charge in [0.1, 0.15) is 11.6 Å². The summed E-state index contributed by atoms with van der Waals surface area (Å²) in [6.45, 7) is 9.18. The van der Waals surface area contributed by atoms with Crippen LogP contribution < -0.4 is 0 Å². The van der Waals surface area contributed by atoms with E-state index in [1.54, 1.807) is 0 Å². The van der Waals surface area contributed by atoms with E-state index in [2.05, 4.69) is 27.7 Å². The Kier molecular flexibility index (Phi) is 43.5. The van der Waals surface area contributed by atoms with Crippen LogP contribution in [0.4, 0.5) is 0 Å². The van der Waals surface area contributed by atoms with Crippen molar-refractivity contribution >= 4 is 11.6 Å². The molecule has 2 nitrogen and oxygen atoms in total. The largest absolute Gasteiger partial charge is 0.300 e. The summed E-state index contributed by atoms with van der Waals surface area (Å²) in [6, 6.07) is 0. The second kappa shape index (κ2) is 44.1. The Labute approximate surface area is 335 Å². The zero-order valence-corrected chi connectivity index (χ0v) is 37.4. The number of carbonyl (C=O) groups is 2. The molecule has 0 aromatic heterocycles. The van der Waals surface area contributed by atoms with Crippen LogP contribution >= 0.6 is 0 Å². The molecule has 0 fully saturated rings. The fourth-order valence-electron chi connectivity index (χ4n) is 8.60. The predicted octanol–water partition coefficient (Wildman–Crippen LogP) is 18.2. The van der Waals surface area contributed by atoms with Crippen molar-refractivity contribution in [1.29, 1.82) is 0 Å². The Morgan fingerprint density at radius 3 is 0.925 bits per heavy atom. The van der Waals surface area contributed by atoms with Crippen LogP contribution in [0.15, 0.2) is 0 Å². The van der Waals surface area contributed by atoms with E-state index < -0.39 is 0 Å². The monoisotopic (exact) mass is 745 g/mol. The molecular weight excluding hydrogens is 645 g/mol. The number of hydrogen-bond donors (Lipinski definition) is 0. The minimum absolute atomic E-state index is 0.355. The summed E-state index contributed by atoms with van der Waals surface area (Å²) in [5.41, 5.74) is 0. The first kappa shape index (κ1) is 52.3. The number of hydrogen-bond acceptors (Lipinski definition) is 2. The zero-order chi connectivity index (χ0) is 38.7. The molecule has 0 saturated carbocycles. The highest BCUT2D eigenvalue weighted by Gasteiger charge is 2.17. The molecule has 0 aromatic carbocycles. The first-order valence-electron chi connectivity index (χ1n) is 25.1. The summed E-state index contributed by atoms with van der Waals surface area (Å²) in [5, 5.41) is 0. The van der Waals surface area contributed by atoms with Gasteiger partial charge in [-0.3, -0.25) is 9.59 Å². The van der Waals surface area contributed by atoms with Crippen molar-refractivity contribution in [2.24, 2.45) is 11.8 Å². The third kappa shape index (κ3) is 39.4. The van der Waals surface area contributed by atoms with Gasteiger partial charge in [-0.15, -0.1) is 0 Å². The van der Waals surface area contributed by atoms with Gasteiger partial charge in [-0.1, -0.05) is 252 Å². The molecule has 0 radical (unpaired) electrons. The first-order chi connectivity index (χ1) is 26.1. The van der Waals surface area contributed by atoms with Gasteiger partial charge in [0, 0.05) is 25.2 Å². The third-order valence-corrected chi connectivity index (χ3v) is 12.4. The molecule has 0 aliphatic heterocycles. The first-order valence-corrected chi connectivity index (χ1v) is 25.1. The fraction of sp³-hybridized carbons (Fsp3) is 0.961. The predicted molar refractivity (Wildman–Crippen MR) is 238 cm³/mol. The van der Waals surface area contributed by atoms with Crippen molar-refractivity contribution in [2.75, 3.05) is 0 Å². The molecule has 0 saturated heterocycles. The van der Waals surface area contributed by atoms with Crippen LogP contribution in [0.5, 0.6) is 0 Å². The van der Waals surface area contributed by atoms with Crippen LogP contribution in [-0.4, -0.2) is 11.6 Å². The Morgan fingerprint density at radius 1 is 0.283 bits per heavy atom. The van der Waals surface area contributed by atoms with E-state index >= 15 is 0 Å². The minimum atomic E-state index is 0.355. The summed E-state index contributed by atoms with van der Waals surface area (Å²) in [4.78, 5) is 25.3. The lowest BCUT2D eigenvalue weighted by atomic mass is 9.88. The number of carbonyl (C=O) groups excluding carboxylic acids is 2. The summed E-state index contributed by atoms with van der Waals surface area (Å²) >= 11 is 0. The standard InChI is InChI=1S/C51H100O2/c1-5-9-13-16-22-30-37-45-50(52)46-38-31-25-20-18-23-27-33-41-48(40-12-8-4)42-34-28-24-19-21-26-32-39-47-51(53)49(43-35-15-11-7-3)44-36-29-17-14-10-6-2/h48-49H,5-47H2,1-4H3. The van der Waals surface area contributed by atoms with Gasteiger partial charge in [-0.2, -0.15) is 0 Å². The average molecular weight is 745 g/mol. The van der Waals surface area contributed by atoms with Crippen LogP contribution in [-0.2, 0) is 9.59 Å². The number of ketones is 2. The fourth-order valence-corrected chi connectivity index (χ4v) is 8.60. The lowest BCUT2D eigenvalue weighted by Gasteiger charge is -2.16. The van der Waals surface area contributed by atoms with Gasteiger partial charge in [-0.05, 0) is 38.0 Å². The normalized spacial score (nSPS) is 12.8. The van der Waals surface area contributed by atoms with Gasteiger partial charge < -0.3 is 0 Å². The number of unbranched alkanes of at least 4 members (excludes halogenated alkanes) is 29. The van der Waals surface area contributed by atoms with Gasteiger partial charge in [0.25, 0.3) is 0 Å². The summed E-state index contributed by atoms with van der Waals surface area (Å²) in [5.74, 6) is 2.43. The second-order valence-electron chi connectivity index (χ2n) is 17.7. The van der Waals surface area contributed by atoms with E-state index in [9.17, 15) is 9.59 Å². The second-order valence-corrected chi connectivity index (χ2v) is 17.7. The van der Waals surface area contributed by atoms with Crippen molar-refractivity contribution in [3.8, 4) is 0 Å². The topological polar surface area (TPSA) is 34.1 Å². The Bertz CT molecular complexity index is 728. The number of Topliss-reactive ketones (excluding diaryl/α,β-unsaturated/α-hetero) is 2. The molecule has 0 amide bonds. The quantitative estimate of drug-likeness (QED) is 0.0582. The van der Waals surface area contributed by atoms with Gasteiger partial charge in [0.2, 0.25) is 0 Å². The van der Waals surface area contributed by atoms with Crippen LogP contribution in [0.3, 0.4) is 0 Å². The molecule has 0 aromatic rings. The molecule has 0 spiro atoms. The van der Waals surface area contributed by atoms with Crippen LogP contribution in [0.2, 0.25) is 0 Å². The third-order valence-electron chi connectivity index (χ3n) is 12.4. The maximum atomic E-state index is 13.1. The Morgan fingerprint density at radius 2 is 0.547 bits per heavy atom. The Hall–Kier alpha value is -0.660. The molecule has 316 valence electrons. The lowest BCUT2D eigenvalue weighted by Crippen LogP contribution is -2.14. The molecule has 2 unspecified atom stereocenters. The highest BCUT2D eigenvalue weighted by Crippen LogP contribution is 2.25. The Balaban J connectivity index is 3.85. The van der Waals surface area contributed by atoms with Gasteiger partial charge in [0.15, 0.2) is 0 Å². The average Bonchev–Trinajstić information content (AvgIpc) is 3.16. The lowest BCUT2D eigenvalue weighted by molar-refractivity contribution is -0.123. The van der Waals surface area contributed by atoms with Crippen molar-refractivity contribution < 1.29 is 9.59 Å². The molecule has 2 heteroatoms. The van der Waals surface area contributed by atoms with Gasteiger partial charge >= 0.3 is 0 Å². The van der Waals surface area contributed by atoms with Crippen molar-refractivity contribution in [3.05, 3.63) is 0 Å². The maximum Gasteiger partial charge on any atom is 0.135 e. The molecular formula is C51H100O2. The smallest absolute Gasteiger partial charge is 0.135 e. The zero-order valence-electron chi connectivity index (χ0n) is 37.4. The molecule has 0 bridgehead atoms. The van der Waals surface area contributed by atoms with E-state index in [-0.39, 0.29) is 0 Å². The van der Waals surface area contributed by atoms with Gasteiger partial charge in [0.05, 0.1) is 0 Å². The summed E-state index contributed by atoms with van der Waals surface area (Å²) in [7, 11) is 0. The van der Waals surface area contributed by atoms with E-state index in [1.807, 2.05) is 0 Å². The van der Waals surface area contributed by atoms with E-state index in [0.29, 0.717) is 17.5 Å². The van der Waals surface area contributed by atoms with E-state index in [1.165, 1.54) is 225 Å². The maximum absolute atomic E-state index is 13.1.